The second-order valence-corrected chi connectivity index (χ2v) is 5.54. The van der Waals surface area contributed by atoms with Crippen LogP contribution in [0.5, 0.6) is 5.88 Å². The highest BCUT2D eigenvalue weighted by Crippen LogP contribution is 2.09. The number of nitrogens with zero attached hydrogens (tertiary/aromatic N) is 2. The lowest BCUT2D eigenvalue weighted by Crippen LogP contribution is -2.38. The maximum atomic E-state index is 5.75. The maximum absolute atomic E-state index is 5.75. The van der Waals surface area contributed by atoms with Gasteiger partial charge < -0.3 is 24.8 Å². The van der Waals surface area contributed by atoms with Crippen molar-refractivity contribution in [3.63, 3.8) is 0 Å². The van der Waals surface area contributed by atoms with Crippen LogP contribution in [0.25, 0.3) is 0 Å². The van der Waals surface area contributed by atoms with Crippen LogP contribution in [-0.4, -0.2) is 57.1 Å². The van der Waals surface area contributed by atoms with Crippen LogP contribution in [0.15, 0.2) is 23.3 Å². The van der Waals surface area contributed by atoms with E-state index in [4.69, 9.17) is 14.2 Å². The molecule has 0 bridgehead atoms. The van der Waals surface area contributed by atoms with Crippen molar-refractivity contribution in [3.05, 3.63) is 23.9 Å². The Hall–Kier alpha value is -1.86. The van der Waals surface area contributed by atoms with Crippen molar-refractivity contribution < 1.29 is 14.2 Å². The molecule has 1 aliphatic heterocycles. The van der Waals surface area contributed by atoms with Crippen LogP contribution in [0.4, 0.5) is 0 Å². The Bertz CT molecular complexity index is 504. The highest BCUT2D eigenvalue weighted by Gasteiger charge is 2.15. The molecule has 7 heteroatoms. The normalized spacial score (nSPS) is 17.8. The molecule has 2 rings (SSSR count). The Morgan fingerprint density at radius 1 is 1.46 bits per heavy atom. The van der Waals surface area contributed by atoms with Gasteiger partial charge in [-0.25, -0.2) is 9.98 Å². The first-order valence-corrected chi connectivity index (χ1v) is 8.52. The Morgan fingerprint density at radius 3 is 3.12 bits per heavy atom. The van der Waals surface area contributed by atoms with Crippen molar-refractivity contribution >= 4 is 5.96 Å². The minimum atomic E-state index is 0.272. The molecule has 1 unspecified atom stereocenters. The van der Waals surface area contributed by atoms with Gasteiger partial charge >= 0.3 is 0 Å². The number of rotatable bonds is 9. The average molecular weight is 336 g/mol. The van der Waals surface area contributed by atoms with Crippen LogP contribution in [0.1, 0.15) is 25.3 Å². The Kier molecular flexibility index (Phi) is 8.34. The van der Waals surface area contributed by atoms with E-state index in [0.29, 0.717) is 12.4 Å². The number of guanidine groups is 1. The summed E-state index contributed by atoms with van der Waals surface area (Å²) >= 11 is 0. The average Bonchev–Trinajstić information content (AvgIpc) is 3.13. The molecule has 1 aromatic heterocycles. The van der Waals surface area contributed by atoms with Crippen LogP contribution in [0.2, 0.25) is 0 Å². The maximum Gasteiger partial charge on any atom is 0.213 e. The summed E-state index contributed by atoms with van der Waals surface area (Å²) in [7, 11) is 1.61. The summed E-state index contributed by atoms with van der Waals surface area (Å²) < 4.78 is 16.2. The van der Waals surface area contributed by atoms with E-state index in [-0.39, 0.29) is 6.10 Å². The third-order valence-electron chi connectivity index (χ3n) is 3.63. The SMILES string of the molecule is CCNC(=NCc1ccnc(OC)c1)NCCCOC1CCOC1. The van der Waals surface area contributed by atoms with Gasteiger partial charge in [-0.2, -0.15) is 0 Å². The quantitative estimate of drug-likeness (QED) is 0.403. The molecule has 0 aromatic carbocycles. The second-order valence-electron chi connectivity index (χ2n) is 5.54. The van der Waals surface area contributed by atoms with Gasteiger partial charge in [0, 0.05) is 38.6 Å². The molecule has 1 fully saturated rings. The van der Waals surface area contributed by atoms with Gasteiger partial charge in [-0.1, -0.05) is 0 Å². The number of aromatic nitrogens is 1. The lowest BCUT2D eigenvalue weighted by molar-refractivity contribution is 0.0420. The Morgan fingerprint density at radius 2 is 2.38 bits per heavy atom. The number of nitrogens with one attached hydrogen (secondary N) is 2. The molecule has 1 atom stereocenters. The van der Waals surface area contributed by atoms with Gasteiger partial charge in [-0.05, 0) is 31.4 Å². The van der Waals surface area contributed by atoms with E-state index in [1.54, 1.807) is 13.3 Å². The molecule has 1 aliphatic rings. The summed E-state index contributed by atoms with van der Waals surface area (Å²) in [6.45, 7) is 6.55. The lowest BCUT2D eigenvalue weighted by atomic mass is 10.3. The number of pyridine rings is 1. The first-order chi connectivity index (χ1) is 11.8. The number of ether oxygens (including phenoxy) is 3. The highest BCUT2D eigenvalue weighted by atomic mass is 16.5. The van der Waals surface area contributed by atoms with Gasteiger partial charge in [0.15, 0.2) is 5.96 Å². The lowest BCUT2D eigenvalue weighted by Gasteiger charge is -2.13. The summed E-state index contributed by atoms with van der Waals surface area (Å²) in [4.78, 5) is 8.68. The number of hydrogen-bond donors (Lipinski definition) is 2. The topological polar surface area (TPSA) is 77.0 Å². The summed E-state index contributed by atoms with van der Waals surface area (Å²) in [6, 6.07) is 3.83. The van der Waals surface area contributed by atoms with Crippen molar-refractivity contribution in [2.75, 3.05) is 40.0 Å². The minimum absolute atomic E-state index is 0.272. The van der Waals surface area contributed by atoms with E-state index < -0.39 is 0 Å². The van der Waals surface area contributed by atoms with Crippen LogP contribution in [-0.2, 0) is 16.0 Å². The summed E-state index contributed by atoms with van der Waals surface area (Å²) in [5.41, 5.74) is 1.06. The standard InChI is InChI=1S/C17H28N4O3/c1-3-18-17(20-7-4-9-24-15-6-10-23-13-15)21-12-14-5-8-19-16(11-14)22-2/h5,8,11,15H,3-4,6-7,9-10,12-13H2,1-2H3,(H2,18,20,21). The fraction of sp³-hybridized carbons (Fsp3) is 0.647. The summed E-state index contributed by atoms with van der Waals surface area (Å²) in [5.74, 6) is 1.41. The first kappa shape index (κ1) is 18.5. The molecular weight excluding hydrogens is 308 g/mol. The van der Waals surface area contributed by atoms with E-state index in [9.17, 15) is 0 Å². The molecule has 0 spiro atoms. The Balaban J connectivity index is 1.71. The van der Waals surface area contributed by atoms with E-state index >= 15 is 0 Å². The molecule has 0 aliphatic carbocycles. The zero-order valence-corrected chi connectivity index (χ0v) is 14.6. The largest absolute Gasteiger partial charge is 0.481 e. The molecule has 1 aromatic rings. The van der Waals surface area contributed by atoms with Gasteiger partial charge in [0.2, 0.25) is 5.88 Å². The second kappa shape index (κ2) is 10.8. The van der Waals surface area contributed by atoms with Gasteiger partial charge in [0.05, 0.1) is 26.4 Å². The minimum Gasteiger partial charge on any atom is -0.481 e. The van der Waals surface area contributed by atoms with Crippen LogP contribution < -0.4 is 15.4 Å². The molecule has 0 saturated carbocycles. The van der Waals surface area contributed by atoms with Crippen molar-refractivity contribution in [1.82, 2.24) is 15.6 Å². The molecule has 2 N–H and O–H groups in total. The highest BCUT2D eigenvalue weighted by molar-refractivity contribution is 5.79. The van der Waals surface area contributed by atoms with E-state index in [0.717, 1.165) is 57.3 Å². The molecule has 2 heterocycles. The van der Waals surface area contributed by atoms with E-state index in [1.165, 1.54) is 0 Å². The molecule has 1 saturated heterocycles. The van der Waals surface area contributed by atoms with Gasteiger partial charge in [0.1, 0.15) is 0 Å². The number of methoxy groups -OCH3 is 1. The number of hydrogen-bond acceptors (Lipinski definition) is 5. The fourth-order valence-corrected chi connectivity index (χ4v) is 2.35. The van der Waals surface area contributed by atoms with Crippen LogP contribution in [0.3, 0.4) is 0 Å². The monoisotopic (exact) mass is 336 g/mol. The van der Waals surface area contributed by atoms with Crippen molar-refractivity contribution in [2.45, 2.75) is 32.4 Å². The van der Waals surface area contributed by atoms with E-state index in [2.05, 4.69) is 27.5 Å². The molecule has 0 radical (unpaired) electrons. The van der Waals surface area contributed by atoms with Gasteiger partial charge in [-0.3, -0.25) is 0 Å². The predicted molar refractivity (Wildman–Crippen MR) is 93.4 cm³/mol. The smallest absolute Gasteiger partial charge is 0.213 e. The molecular formula is C17H28N4O3. The summed E-state index contributed by atoms with van der Waals surface area (Å²) in [6.07, 6.45) is 3.94. The molecule has 24 heavy (non-hydrogen) atoms. The van der Waals surface area contributed by atoms with Gasteiger partial charge in [-0.15, -0.1) is 0 Å². The number of aliphatic imine (C=N–C) groups is 1. The predicted octanol–water partition coefficient (Wildman–Crippen LogP) is 1.34. The van der Waals surface area contributed by atoms with E-state index in [1.807, 2.05) is 12.1 Å². The Labute approximate surface area is 143 Å². The molecule has 134 valence electrons. The molecule has 7 nitrogen and oxygen atoms in total. The third-order valence-corrected chi connectivity index (χ3v) is 3.63. The zero-order chi connectivity index (χ0) is 17.0. The van der Waals surface area contributed by atoms with Crippen molar-refractivity contribution in [2.24, 2.45) is 4.99 Å². The van der Waals surface area contributed by atoms with Crippen molar-refractivity contribution in [1.29, 1.82) is 0 Å². The first-order valence-electron chi connectivity index (χ1n) is 8.52. The van der Waals surface area contributed by atoms with Crippen LogP contribution >= 0.6 is 0 Å². The zero-order valence-electron chi connectivity index (χ0n) is 14.6. The van der Waals surface area contributed by atoms with Gasteiger partial charge in [0.25, 0.3) is 0 Å². The summed E-state index contributed by atoms with van der Waals surface area (Å²) in [5, 5.41) is 6.57. The fourth-order valence-electron chi connectivity index (χ4n) is 2.35. The van der Waals surface area contributed by atoms with Crippen molar-refractivity contribution in [3.8, 4) is 5.88 Å². The molecule has 0 amide bonds. The third kappa shape index (κ3) is 6.72. The van der Waals surface area contributed by atoms with Crippen LogP contribution in [0, 0.1) is 0 Å².